The van der Waals surface area contributed by atoms with Crippen LogP contribution in [0.1, 0.15) is 44.1 Å². The molecule has 5 rings (SSSR count). The SMILES string of the molecule is CCOC(=O)C1=C(C)N=c2sc(=Cc3ccc(N4CCCC4)o3)c(=O)n2C1c1cccc(OC)c1. The number of allylic oxidation sites excluding steroid dienone is 1. The quantitative estimate of drug-likeness (QED) is 0.491. The summed E-state index contributed by atoms with van der Waals surface area (Å²) in [5.74, 6) is 1.57. The van der Waals surface area contributed by atoms with E-state index in [1.807, 2.05) is 36.4 Å². The molecule has 8 nitrogen and oxygen atoms in total. The number of esters is 1. The van der Waals surface area contributed by atoms with Crippen molar-refractivity contribution < 1.29 is 18.7 Å². The molecule has 35 heavy (non-hydrogen) atoms. The number of carbonyl (C=O) groups excluding carboxylic acids is 1. The summed E-state index contributed by atoms with van der Waals surface area (Å²) in [5, 5.41) is 0. The number of furan rings is 1. The highest BCUT2D eigenvalue weighted by molar-refractivity contribution is 7.07. The van der Waals surface area contributed by atoms with Crippen LogP contribution in [0.2, 0.25) is 0 Å². The first-order chi connectivity index (χ1) is 17.0. The molecule has 1 fully saturated rings. The molecule has 2 aliphatic heterocycles. The van der Waals surface area contributed by atoms with Crippen molar-refractivity contribution in [3.05, 3.63) is 78.7 Å². The van der Waals surface area contributed by atoms with Gasteiger partial charge in [-0.2, -0.15) is 0 Å². The highest BCUT2D eigenvalue weighted by Gasteiger charge is 2.33. The zero-order valence-electron chi connectivity index (χ0n) is 19.9. The van der Waals surface area contributed by atoms with E-state index < -0.39 is 12.0 Å². The maximum absolute atomic E-state index is 13.7. The van der Waals surface area contributed by atoms with Crippen LogP contribution < -0.4 is 24.5 Å². The number of ether oxygens (including phenoxy) is 2. The fourth-order valence-electron chi connectivity index (χ4n) is 4.57. The number of thiazole rings is 1. The Balaban J connectivity index is 1.64. The Morgan fingerprint density at radius 2 is 2.06 bits per heavy atom. The number of rotatable bonds is 6. The Kier molecular flexibility index (Phi) is 6.34. The minimum atomic E-state index is -0.681. The molecule has 9 heteroatoms. The maximum atomic E-state index is 13.7. The lowest BCUT2D eigenvalue weighted by atomic mass is 9.95. The van der Waals surface area contributed by atoms with Crippen molar-refractivity contribution in [2.45, 2.75) is 32.7 Å². The Morgan fingerprint density at radius 1 is 1.26 bits per heavy atom. The summed E-state index contributed by atoms with van der Waals surface area (Å²) in [4.78, 5) is 34.0. The molecule has 0 N–H and O–H groups in total. The van der Waals surface area contributed by atoms with Gasteiger partial charge < -0.3 is 18.8 Å². The Bertz CT molecular complexity index is 1470. The van der Waals surface area contributed by atoms with Crippen molar-refractivity contribution in [2.24, 2.45) is 4.99 Å². The van der Waals surface area contributed by atoms with Crippen molar-refractivity contribution in [1.29, 1.82) is 0 Å². The fourth-order valence-corrected chi connectivity index (χ4v) is 5.60. The second-order valence-electron chi connectivity index (χ2n) is 8.45. The van der Waals surface area contributed by atoms with Gasteiger partial charge in [0.1, 0.15) is 11.5 Å². The molecular weight excluding hydrogens is 466 g/mol. The van der Waals surface area contributed by atoms with Gasteiger partial charge in [0.15, 0.2) is 10.7 Å². The summed E-state index contributed by atoms with van der Waals surface area (Å²) in [5.41, 5.74) is 1.37. The normalized spacial score (nSPS) is 18.0. The third kappa shape index (κ3) is 4.32. The summed E-state index contributed by atoms with van der Waals surface area (Å²) < 4.78 is 18.8. The number of carbonyl (C=O) groups is 1. The zero-order valence-corrected chi connectivity index (χ0v) is 20.8. The molecule has 0 aliphatic carbocycles. The van der Waals surface area contributed by atoms with E-state index in [0.717, 1.165) is 37.4 Å². The van der Waals surface area contributed by atoms with Crippen LogP contribution in [0.5, 0.6) is 5.75 Å². The topological polar surface area (TPSA) is 86.3 Å². The standard InChI is InChI=1S/C26H27N3O5S/c1-4-33-25(31)22-16(2)27-26-29(23(22)17-8-7-9-18(14-17)32-3)24(30)20(35-26)15-19-10-11-21(34-19)28-12-5-6-13-28/h7-11,14-15,23H,4-6,12-13H2,1-3H3. The first-order valence-corrected chi connectivity index (χ1v) is 12.5. The first kappa shape index (κ1) is 23.2. The van der Waals surface area contributed by atoms with Crippen LogP contribution >= 0.6 is 11.3 Å². The lowest BCUT2D eigenvalue weighted by molar-refractivity contribution is -0.139. The van der Waals surface area contributed by atoms with E-state index in [9.17, 15) is 9.59 Å². The molecule has 0 bridgehead atoms. The van der Waals surface area contributed by atoms with Gasteiger partial charge >= 0.3 is 5.97 Å². The molecule has 182 valence electrons. The molecule has 0 spiro atoms. The van der Waals surface area contributed by atoms with Crippen LogP contribution in [-0.2, 0) is 9.53 Å². The highest BCUT2D eigenvalue weighted by atomic mass is 32.1. The second kappa shape index (κ2) is 9.58. The van der Waals surface area contributed by atoms with Crippen LogP contribution in [0.15, 0.2) is 61.9 Å². The van der Waals surface area contributed by atoms with E-state index in [1.54, 1.807) is 31.6 Å². The van der Waals surface area contributed by atoms with E-state index >= 15 is 0 Å². The van der Waals surface area contributed by atoms with Gasteiger partial charge in [0.2, 0.25) is 0 Å². The lowest BCUT2D eigenvalue weighted by Crippen LogP contribution is -2.39. The minimum absolute atomic E-state index is 0.225. The van der Waals surface area contributed by atoms with Crippen molar-refractivity contribution in [3.8, 4) is 5.75 Å². The number of nitrogens with zero attached hydrogens (tertiary/aromatic N) is 3. The van der Waals surface area contributed by atoms with Gasteiger partial charge in [0.25, 0.3) is 5.56 Å². The Morgan fingerprint density at radius 3 is 2.80 bits per heavy atom. The van der Waals surface area contributed by atoms with Gasteiger partial charge in [-0.15, -0.1) is 0 Å². The van der Waals surface area contributed by atoms with Gasteiger partial charge in [-0.1, -0.05) is 23.5 Å². The van der Waals surface area contributed by atoms with Crippen molar-refractivity contribution >= 4 is 29.3 Å². The highest BCUT2D eigenvalue weighted by Crippen LogP contribution is 2.32. The third-order valence-corrected chi connectivity index (χ3v) is 7.21. The molecule has 4 heterocycles. The zero-order chi connectivity index (χ0) is 24.5. The maximum Gasteiger partial charge on any atom is 0.338 e. The monoisotopic (exact) mass is 493 g/mol. The number of benzene rings is 1. The Hall–Kier alpha value is -3.59. The second-order valence-corrected chi connectivity index (χ2v) is 9.46. The van der Waals surface area contributed by atoms with Gasteiger partial charge in [-0.3, -0.25) is 9.36 Å². The predicted octanol–water partition coefficient (Wildman–Crippen LogP) is 3.00. The minimum Gasteiger partial charge on any atom is -0.497 e. The number of anilines is 1. The van der Waals surface area contributed by atoms with Gasteiger partial charge in [-0.05, 0) is 50.5 Å². The van der Waals surface area contributed by atoms with E-state index in [1.165, 1.54) is 11.3 Å². The predicted molar refractivity (Wildman–Crippen MR) is 134 cm³/mol. The summed E-state index contributed by atoms with van der Waals surface area (Å²) in [7, 11) is 1.58. The molecule has 2 aromatic heterocycles. The first-order valence-electron chi connectivity index (χ1n) is 11.7. The van der Waals surface area contributed by atoms with Gasteiger partial charge in [0.05, 0.1) is 35.6 Å². The van der Waals surface area contributed by atoms with Crippen molar-refractivity contribution in [3.63, 3.8) is 0 Å². The molecule has 1 atom stereocenters. The van der Waals surface area contributed by atoms with Crippen LogP contribution in [0, 0.1) is 0 Å². The number of methoxy groups -OCH3 is 1. The molecule has 0 amide bonds. The van der Waals surface area contributed by atoms with Gasteiger partial charge in [0, 0.05) is 25.2 Å². The number of fused-ring (bicyclic) bond motifs is 1. The number of hydrogen-bond donors (Lipinski definition) is 0. The van der Waals surface area contributed by atoms with Crippen molar-refractivity contribution in [1.82, 2.24) is 4.57 Å². The summed E-state index contributed by atoms with van der Waals surface area (Å²) in [6.07, 6.45) is 4.05. The third-order valence-electron chi connectivity index (χ3n) is 6.23. The summed E-state index contributed by atoms with van der Waals surface area (Å²) >= 11 is 1.27. The largest absolute Gasteiger partial charge is 0.497 e. The van der Waals surface area contributed by atoms with E-state index in [4.69, 9.17) is 13.9 Å². The lowest BCUT2D eigenvalue weighted by Gasteiger charge is -2.24. The van der Waals surface area contributed by atoms with Crippen LogP contribution in [0.25, 0.3) is 6.08 Å². The smallest absolute Gasteiger partial charge is 0.338 e. The molecule has 1 unspecified atom stereocenters. The molecular formula is C26H27N3O5S. The summed E-state index contributed by atoms with van der Waals surface area (Å²) in [6, 6.07) is 10.5. The molecule has 0 saturated carbocycles. The van der Waals surface area contributed by atoms with Crippen molar-refractivity contribution in [2.75, 3.05) is 31.7 Å². The van der Waals surface area contributed by atoms with Crippen LogP contribution in [0.4, 0.5) is 5.88 Å². The molecule has 2 aliphatic rings. The average molecular weight is 494 g/mol. The summed E-state index contributed by atoms with van der Waals surface area (Å²) in [6.45, 7) is 5.70. The average Bonchev–Trinajstić information content (AvgIpc) is 3.60. The van der Waals surface area contributed by atoms with Gasteiger partial charge in [-0.25, -0.2) is 9.79 Å². The Labute approximate surface area is 206 Å². The molecule has 0 radical (unpaired) electrons. The molecule has 1 saturated heterocycles. The number of hydrogen-bond acceptors (Lipinski definition) is 8. The van der Waals surface area contributed by atoms with E-state index in [-0.39, 0.29) is 12.2 Å². The van der Waals surface area contributed by atoms with Crippen LogP contribution in [-0.4, -0.2) is 37.3 Å². The molecule has 1 aromatic carbocycles. The van der Waals surface area contributed by atoms with E-state index in [2.05, 4.69) is 9.89 Å². The van der Waals surface area contributed by atoms with E-state index in [0.29, 0.717) is 32.1 Å². The molecule has 3 aromatic rings. The number of aromatic nitrogens is 1. The van der Waals surface area contributed by atoms with Crippen LogP contribution in [0.3, 0.4) is 0 Å². The fraction of sp³-hybridized carbons (Fsp3) is 0.346.